The van der Waals surface area contributed by atoms with Crippen molar-refractivity contribution in [3.63, 3.8) is 0 Å². The highest BCUT2D eigenvalue weighted by atomic mass is 35.5. The summed E-state index contributed by atoms with van der Waals surface area (Å²) in [4.78, 5) is 25.5. The third-order valence-corrected chi connectivity index (χ3v) is 6.39. The van der Waals surface area contributed by atoms with E-state index in [1.54, 1.807) is 0 Å². The fourth-order valence-corrected chi connectivity index (χ4v) is 4.62. The van der Waals surface area contributed by atoms with Crippen molar-refractivity contribution in [3.05, 3.63) is 47.0 Å². The number of ether oxygens (including phenoxy) is 2. The van der Waals surface area contributed by atoms with Gasteiger partial charge in [-0.15, -0.1) is 0 Å². The fourth-order valence-electron chi connectivity index (χ4n) is 4.36. The number of aromatic nitrogens is 3. The maximum Gasteiger partial charge on any atom is 0.328 e. The molecule has 0 bridgehead atoms. The molecule has 2 aliphatic rings. The van der Waals surface area contributed by atoms with Crippen LogP contribution in [0.4, 0.5) is 5.69 Å². The molecule has 1 saturated heterocycles. The zero-order chi connectivity index (χ0) is 22.8. The molecule has 1 saturated carbocycles. The second kappa shape index (κ2) is 9.41. The van der Waals surface area contributed by atoms with Gasteiger partial charge in [0.05, 0.1) is 29.4 Å². The SMILES string of the molecule is O=C(O)C=C1CCC(Oc2nc3nc(-c4ccc(N5CCOCC5)cc4)c(Cl)cc3[nH]2)CC1. The average molecular weight is 469 g/mol. The number of allylic oxidation sites excluding steroid dienone is 1. The Hall–Kier alpha value is -3.10. The van der Waals surface area contributed by atoms with Crippen LogP contribution in [0.3, 0.4) is 0 Å². The van der Waals surface area contributed by atoms with E-state index in [0.717, 1.165) is 56.0 Å². The summed E-state index contributed by atoms with van der Waals surface area (Å²) < 4.78 is 11.4. The smallest absolute Gasteiger partial charge is 0.328 e. The van der Waals surface area contributed by atoms with E-state index in [4.69, 9.17) is 26.2 Å². The molecule has 33 heavy (non-hydrogen) atoms. The van der Waals surface area contributed by atoms with Crippen LogP contribution in [-0.4, -0.2) is 58.4 Å². The molecule has 2 fully saturated rings. The topological polar surface area (TPSA) is 101 Å². The van der Waals surface area contributed by atoms with E-state index in [9.17, 15) is 4.79 Å². The second-order valence-electron chi connectivity index (χ2n) is 8.34. The molecule has 1 aliphatic carbocycles. The summed E-state index contributed by atoms with van der Waals surface area (Å²) >= 11 is 6.55. The van der Waals surface area contributed by atoms with Crippen LogP contribution >= 0.6 is 11.6 Å². The number of nitrogens with zero attached hydrogens (tertiary/aromatic N) is 3. The fraction of sp³-hybridized carbons (Fsp3) is 0.375. The molecular weight excluding hydrogens is 444 g/mol. The number of halogens is 1. The van der Waals surface area contributed by atoms with Crippen LogP contribution in [0.2, 0.25) is 5.02 Å². The van der Waals surface area contributed by atoms with Gasteiger partial charge in [-0.05, 0) is 43.9 Å². The molecule has 0 spiro atoms. The van der Waals surface area contributed by atoms with E-state index >= 15 is 0 Å². The molecule has 8 nitrogen and oxygen atoms in total. The van der Waals surface area contributed by atoms with Gasteiger partial charge in [-0.1, -0.05) is 29.3 Å². The van der Waals surface area contributed by atoms with Gasteiger partial charge in [-0.25, -0.2) is 9.78 Å². The van der Waals surface area contributed by atoms with Gasteiger partial charge in [-0.2, -0.15) is 4.98 Å². The Morgan fingerprint density at radius 2 is 1.91 bits per heavy atom. The van der Waals surface area contributed by atoms with Crippen LogP contribution in [0.15, 0.2) is 42.0 Å². The predicted octanol–water partition coefficient (Wildman–Crippen LogP) is 4.45. The zero-order valence-electron chi connectivity index (χ0n) is 18.1. The van der Waals surface area contributed by atoms with Crippen LogP contribution in [0.1, 0.15) is 25.7 Å². The molecule has 0 radical (unpaired) electrons. The highest BCUT2D eigenvalue weighted by Gasteiger charge is 2.21. The van der Waals surface area contributed by atoms with Crippen molar-refractivity contribution in [2.45, 2.75) is 31.8 Å². The first-order valence-electron chi connectivity index (χ1n) is 11.1. The number of anilines is 1. The van der Waals surface area contributed by atoms with Gasteiger partial charge >= 0.3 is 5.97 Å². The van der Waals surface area contributed by atoms with Crippen molar-refractivity contribution >= 4 is 34.4 Å². The number of carboxylic acid groups (broad SMARTS) is 1. The van der Waals surface area contributed by atoms with Crippen LogP contribution in [0.25, 0.3) is 22.4 Å². The van der Waals surface area contributed by atoms with Gasteiger partial charge < -0.3 is 24.5 Å². The maximum atomic E-state index is 10.8. The molecule has 172 valence electrons. The van der Waals surface area contributed by atoms with E-state index in [0.29, 0.717) is 40.7 Å². The van der Waals surface area contributed by atoms with Crippen molar-refractivity contribution in [2.75, 3.05) is 31.2 Å². The third-order valence-electron chi connectivity index (χ3n) is 6.10. The Bertz CT molecular complexity index is 1180. The highest BCUT2D eigenvalue weighted by molar-refractivity contribution is 6.33. The highest BCUT2D eigenvalue weighted by Crippen LogP contribution is 2.32. The number of morpholine rings is 1. The number of aliphatic carboxylic acids is 1. The summed E-state index contributed by atoms with van der Waals surface area (Å²) in [5.41, 5.74) is 4.97. The molecule has 9 heteroatoms. The van der Waals surface area contributed by atoms with Crippen molar-refractivity contribution in [2.24, 2.45) is 0 Å². The summed E-state index contributed by atoms with van der Waals surface area (Å²) in [6, 6.07) is 10.4. The Balaban J connectivity index is 1.30. The van der Waals surface area contributed by atoms with Crippen molar-refractivity contribution < 1.29 is 19.4 Å². The van der Waals surface area contributed by atoms with Crippen molar-refractivity contribution in [3.8, 4) is 17.3 Å². The second-order valence-corrected chi connectivity index (χ2v) is 8.74. The number of hydrogen-bond acceptors (Lipinski definition) is 6. The molecule has 0 unspecified atom stereocenters. The van der Waals surface area contributed by atoms with Crippen molar-refractivity contribution in [1.82, 2.24) is 15.0 Å². The summed E-state index contributed by atoms with van der Waals surface area (Å²) in [5.74, 6) is -0.892. The normalized spacial score (nSPS) is 19.0. The van der Waals surface area contributed by atoms with Gasteiger partial charge in [0.1, 0.15) is 6.10 Å². The first-order chi connectivity index (χ1) is 16.0. The number of fused-ring (bicyclic) bond motifs is 1. The van der Waals surface area contributed by atoms with Crippen LogP contribution in [-0.2, 0) is 9.53 Å². The molecule has 2 N–H and O–H groups in total. The lowest BCUT2D eigenvalue weighted by Crippen LogP contribution is -2.36. The van der Waals surface area contributed by atoms with Crippen LogP contribution < -0.4 is 9.64 Å². The summed E-state index contributed by atoms with van der Waals surface area (Å²) in [6.07, 6.45) is 4.23. The van der Waals surface area contributed by atoms with Crippen LogP contribution in [0.5, 0.6) is 6.01 Å². The molecular formula is C24H25ClN4O4. The number of imidazole rings is 1. The summed E-state index contributed by atoms with van der Waals surface area (Å²) in [5, 5.41) is 9.44. The van der Waals surface area contributed by atoms with Gasteiger partial charge in [0.2, 0.25) is 0 Å². The van der Waals surface area contributed by atoms with E-state index in [2.05, 4.69) is 32.0 Å². The number of nitrogens with one attached hydrogen (secondary N) is 1. The number of carbonyl (C=O) groups is 1. The standard InChI is InChI=1S/C24H25ClN4O4/c25-19-14-20-23(28-24(26-20)33-18-7-1-15(2-8-18)13-21(30)31)27-22(19)16-3-5-17(6-4-16)29-9-11-32-12-10-29/h3-6,13-14,18H,1-2,7-12H2,(H,30,31)(H,26,27,28). The van der Waals surface area contributed by atoms with Crippen LogP contribution in [0, 0.1) is 0 Å². The quantitative estimate of drug-likeness (QED) is 0.533. The van der Waals surface area contributed by atoms with Gasteiger partial charge in [0.25, 0.3) is 6.01 Å². The Morgan fingerprint density at radius 3 is 2.61 bits per heavy atom. The zero-order valence-corrected chi connectivity index (χ0v) is 18.8. The minimum absolute atomic E-state index is 0.0146. The van der Waals surface area contributed by atoms with Gasteiger partial charge in [0, 0.05) is 30.4 Å². The van der Waals surface area contributed by atoms with E-state index < -0.39 is 5.97 Å². The summed E-state index contributed by atoms with van der Waals surface area (Å²) in [6.45, 7) is 3.27. The molecule has 0 atom stereocenters. The Morgan fingerprint density at radius 1 is 1.18 bits per heavy atom. The predicted molar refractivity (Wildman–Crippen MR) is 126 cm³/mol. The molecule has 3 aromatic rings. The average Bonchev–Trinajstić information content (AvgIpc) is 3.21. The number of aromatic amines is 1. The maximum absolute atomic E-state index is 10.8. The number of carboxylic acids is 1. The minimum atomic E-state index is -0.892. The molecule has 0 amide bonds. The van der Waals surface area contributed by atoms with Crippen molar-refractivity contribution in [1.29, 1.82) is 0 Å². The van der Waals surface area contributed by atoms with E-state index in [1.807, 2.05) is 18.2 Å². The van der Waals surface area contributed by atoms with E-state index in [1.165, 1.54) is 6.08 Å². The first kappa shape index (κ1) is 21.7. The largest absolute Gasteiger partial charge is 0.478 e. The monoisotopic (exact) mass is 468 g/mol. The molecule has 3 heterocycles. The molecule has 5 rings (SSSR count). The van der Waals surface area contributed by atoms with Gasteiger partial charge in [-0.3, -0.25) is 0 Å². The lowest BCUT2D eigenvalue weighted by atomic mass is 9.92. The Labute approximate surface area is 196 Å². The number of rotatable bonds is 5. The lowest BCUT2D eigenvalue weighted by Gasteiger charge is -2.28. The minimum Gasteiger partial charge on any atom is -0.478 e. The molecule has 1 aromatic carbocycles. The molecule has 2 aromatic heterocycles. The summed E-state index contributed by atoms with van der Waals surface area (Å²) in [7, 11) is 0. The molecule has 1 aliphatic heterocycles. The van der Waals surface area contributed by atoms with Gasteiger partial charge in [0.15, 0.2) is 5.65 Å². The number of benzene rings is 1. The number of hydrogen-bond donors (Lipinski definition) is 2. The number of pyridine rings is 1. The third kappa shape index (κ3) is 4.96. The lowest BCUT2D eigenvalue weighted by molar-refractivity contribution is -0.131. The first-order valence-corrected chi connectivity index (χ1v) is 11.5. The Kier molecular flexibility index (Phi) is 6.20. The van der Waals surface area contributed by atoms with E-state index in [-0.39, 0.29) is 6.10 Å². The number of H-pyrrole nitrogens is 1.